The molecule has 0 aliphatic rings. The topological polar surface area (TPSA) is 59.1 Å². The fourth-order valence-electron chi connectivity index (χ4n) is 1.39. The van der Waals surface area contributed by atoms with Crippen LogP contribution in [0, 0.1) is 5.41 Å². The Kier molecular flexibility index (Phi) is 4.11. The Morgan fingerprint density at radius 2 is 2.06 bits per heavy atom. The largest absolute Gasteiger partial charge is 0.488 e. The molecule has 1 aromatic carbocycles. The molecule has 0 fully saturated rings. The first-order chi connectivity index (χ1) is 8.56. The number of nitrogens with one attached hydrogen (secondary N) is 1. The third-order valence-electron chi connectivity index (χ3n) is 2.24. The number of amidine groups is 1. The van der Waals surface area contributed by atoms with Crippen molar-refractivity contribution in [3.8, 4) is 5.75 Å². The normalized spacial score (nSPS) is 10.3. The monoisotopic (exact) mass is 300 g/mol. The molecule has 0 atom stereocenters. The SMILES string of the molecule is N=C(N)c1ccc(OCc2ccc(Cl)s2)cc1Cl. The van der Waals surface area contributed by atoms with Gasteiger partial charge in [0, 0.05) is 10.4 Å². The van der Waals surface area contributed by atoms with Crippen LogP contribution >= 0.6 is 34.5 Å². The number of ether oxygens (including phenoxy) is 1. The second-order valence-corrected chi connectivity index (χ2v) is 5.76. The van der Waals surface area contributed by atoms with Gasteiger partial charge in [-0.2, -0.15) is 0 Å². The molecule has 3 nitrogen and oxygen atoms in total. The minimum absolute atomic E-state index is 0.0587. The van der Waals surface area contributed by atoms with Crippen LogP contribution in [0.4, 0.5) is 0 Å². The summed E-state index contributed by atoms with van der Waals surface area (Å²) in [5.41, 5.74) is 5.88. The van der Waals surface area contributed by atoms with Crippen molar-refractivity contribution in [3.05, 3.63) is 50.1 Å². The number of nitrogen functional groups attached to an aromatic ring is 1. The molecule has 3 N–H and O–H groups in total. The van der Waals surface area contributed by atoms with Crippen LogP contribution < -0.4 is 10.5 Å². The first kappa shape index (κ1) is 13.2. The highest BCUT2D eigenvalue weighted by Crippen LogP contribution is 2.25. The van der Waals surface area contributed by atoms with Crippen molar-refractivity contribution in [1.82, 2.24) is 0 Å². The quantitative estimate of drug-likeness (QED) is 0.664. The van der Waals surface area contributed by atoms with Gasteiger partial charge in [0.1, 0.15) is 18.2 Å². The molecule has 0 spiro atoms. The van der Waals surface area contributed by atoms with Crippen LogP contribution in [0.2, 0.25) is 9.36 Å². The van der Waals surface area contributed by atoms with E-state index in [0.29, 0.717) is 22.9 Å². The van der Waals surface area contributed by atoms with Gasteiger partial charge < -0.3 is 10.5 Å². The Morgan fingerprint density at radius 1 is 1.28 bits per heavy atom. The van der Waals surface area contributed by atoms with E-state index in [2.05, 4.69) is 0 Å². The molecule has 2 aromatic rings. The predicted molar refractivity (Wildman–Crippen MR) is 76.1 cm³/mol. The fourth-order valence-corrected chi connectivity index (χ4v) is 2.66. The van der Waals surface area contributed by atoms with Crippen molar-refractivity contribution in [3.63, 3.8) is 0 Å². The van der Waals surface area contributed by atoms with Crippen LogP contribution in [-0.2, 0) is 6.61 Å². The molecule has 0 saturated carbocycles. The summed E-state index contributed by atoms with van der Waals surface area (Å²) in [6.45, 7) is 0.438. The van der Waals surface area contributed by atoms with E-state index in [1.807, 2.05) is 12.1 Å². The Labute approximate surface area is 119 Å². The maximum absolute atomic E-state index is 7.33. The Hall–Kier alpha value is -1.23. The second kappa shape index (κ2) is 5.61. The smallest absolute Gasteiger partial charge is 0.124 e. The molecule has 0 aliphatic carbocycles. The summed E-state index contributed by atoms with van der Waals surface area (Å²) >= 11 is 13.3. The van der Waals surface area contributed by atoms with E-state index in [4.69, 9.17) is 39.1 Å². The summed E-state index contributed by atoms with van der Waals surface area (Å²) < 4.78 is 6.31. The van der Waals surface area contributed by atoms with Crippen LogP contribution in [0.5, 0.6) is 5.75 Å². The minimum atomic E-state index is -0.0587. The van der Waals surface area contributed by atoms with Crippen molar-refractivity contribution >= 4 is 40.4 Å². The van der Waals surface area contributed by atoms with E-state index >= 15 is 0 Å². The van der Waals surface area contributed by atoms with Crippen LogP contribution in [0.1, 0.15) is 10.4 Å². The Balaban J connectivity index is 2.06. The fraction of sp³-hybridized carbons (Fsp3) is 0.0833. The maximum atomic E-state index is 7.33. The van der Waals surface area contributed by atoms with Crippen LogP contribution in [0.3, 0.4) is 0 Å². The van der Waals surface area contributed by atoms with Gasteiger partial charge in [-0.1, -0.05) is 23.2 Å². The zero-order chi connectivity index (χ0) is 13.1. The van der Waals surface area contributed by atoms with E-state index in [1.165, 1.54) is 11.3 Å². The number of halogens is 2. The number of nitrogens with two attached hydrogens (primary N) is 1. The number of rotatable bonds is 4. The molecule has 0 saturated heterocycles. The molecule has 0 aliphatic heterocycles. The van der Waals surface area contributed by atoms with Crippen LogP contribution in [0.15, 0.2) is 30.3 Å². The molecule has 94 valence electrons. The molecule has 0 radical (unpaired) electrons. The van der Waals surface area contributed by atoms with Gasteiger partial charge in [-0.3, -0.25) is 5.41 Å². The van der Waals surface area contributed by atoms with E-state index < -0.39 is 0 Å². The lowest BCUT2D eigenvalue weighted by Crippen LogP contribution is -2.11. The molecule has 6 heteroatoms. The molecule has 1 heterocycles. The molecular formula is C12H10Cl2N2OS. The zero-order valence-corrected chi connectivity index (χ0v) is 11.6. The standard InChI is InChI=1S/C12H10Cl2N2OS/c13-10-5-7(1-3-9(10)12(15)16)17-6-8-2-4-11(14)18-8/h1-5H,6H2,(H3,15,16). The molecule has 0 unspecified atom stereocenters. The van der Waals surface area contributed by atoms with Crippen molar-refractivity contribution in [1.29, 1.82) is 5.41 Å². The molecule has 0 bridgehead atoms. The van der Waals surface area contributed by atoms with Gasteiger partial charge in [-0.25, -0.2) is 0 Å². The number of benzene rings is 1. The van der Waals surface area contributed by atoms with Crippen molar-refractivity contribution in [2.24, 2.45) is 5.73 Å². The van der Waals surface area contributed by atoms with Gasteiger partial charge in [0.15, 0.2) is 0 Å². The lowest BCUT2D eigenvalue weighted by atomic mass is 10.2. The minimum Gasteiger partial charge on any atom is -0.488 e. The Morgan fingerprint density at radius 3 is 2.61 bits per heavy atom. The van der Waals surface area contributed by atoms with Gasteiger partial charge in [-0.15, -0.1) is 11.3 Å². The average Bonchev–Trinajstić information content (AvgIpc) is 2.72. The summed E-state index contributed by atoms with van der Waals surface area (Å²) in [6, 6.07) is 8.79. The van der Waals surface area contributed by atoms with E-state index in [-0.39, 0.29) is 5.84 Å². The summed E-state index contributed by atoms with van der Waals surface area (Å²) in [4.78, 5) is 1.03. The summed E-state index contributed by atoms with van der Waals surface area (Å²) in [6.07, 6.45) is 0. The molecule has 18 heavy (non-hydrogen) atoms. The first-order valence-corrected chi connectivity index (χ1v) is 6.64. The lowest BCUT2D eigenvalue weighted by molar-refractivity contribution is 0.310. The molecular weight excluding hydrogens is 291 g/mol. The summed E-state index contributed by atoms with van der Waals surface area (Å²) in [7, 11) is 0. The zero-order valence-electron chi connectivity index (χ0n) is 9.24. The third-order valence-corrected chi connectivity index (χ3v) is 3.76. The predicted octanol–water partition coefficient (Wildman–Crippen LogP) is 3.92. The molecule has 1 aromatic heterocycles. The third kappa shape index (κ3) is 3.16. The van der Waals surface area contributed by atoms with Crippen molar-refractivity contribution in [2.45, 2.75) is 6.61 Å². The first-order valence-electron chi connectivity index (χ1n) is 5.07. The van der Waals surface area contributed by atoms with Crippen LogP contribution in [0.25, 0.3) is 0 Å². The Bertz CT molecular complexity index is 583. The van der Waals surface area contributed by atoms with E-state index in [1.54, 1.807) is 18.2 Å². The van der Waals surface area contributed by atoms with Gasteiger partial charge >= 0.3 is 0 Å². The maximum Gasteiger partial charge on any atom is 0.124 e. The lowest BCUT2D eigenvalue weighted by Gasteiger charge is -2.07. The summed E-state index contributed by atoms with van der Waals surface area (Å²) in [5, 5.41) is 7.73. The highest BCUT2D eigenvalue weighted by atomic mass is 35.5. The number of hydrogen-bond donors (Lipinski definition) is 2. The molecule has 2 rings (SSSR count). The van der Waals surface area contributed by atoms with Gasteiger partial charge in [0.05, 0.1) is 9.36 Å². The van der Waals surface area contributed by atoms with Gasteiger partial charge in [0.25, 0.3) is 0 Å². The average molecular weight is 301 g/mol. The van der Waals surface area contributed by atoms with Gasteiger partial charge in [0.2, 0.25) is 0 Å². The van der Waals surface area contributed by atoms with Crippen molar-refractivity contribution < 1.29 is 4.74 Å². The second-order valence-electron chi connectivity index (χ2n) is 3.55. The number of hydrogen-bond acceptors (Lipinski definition) is 3. The highest BCUT2D eigenvalue weighted by molar-refractivity contribution is 7.16. The van der Waals surface area contributed by atoms with E-state index in [0.717, 1.165) is 9.21 Å². The summed E-state index contributed by atoms with van der Waals surface area (Å²) in [5.74, 6) is 0.575. The van der Waals surface area contributed by atoms with Crippen LogP contribution in [-0.4, -0.2) is 5.84 Å². The van der Waals surface area contributed by atoms with Gasteiger partial charge in [-0.05, 0) is 30.3 Å². The molecule has 0 amide bonds. The van der Waals surface area contributed by atoms with Crippen molar-refractivity contribution in [2.75, 3.05) is 0 Å². The highest BCUT2D eigenvalue weighted by Gasteiger charge is 2.06. The van der Waals surface area contributed by atoms with E-state index in [9.17, 15) is 0 Å². The number of thiophene rings is 1.